The van der Waals surface area contributed by atoms with Crippen molar-refractivity contribution in [3.05, 3.63) is 71.4 Å². The van der Waals surface area contributed by atoms with Gasteiger partial charge in [-0.1, -0.05) is 49.4 Å². The van der Waals surface area contributed by atoms with E-state index in [1.807, 2.05) is 48.0 Å². The van der Waals surface area contributed by atoms with Crippen molar-refractivity contribution < 1.29 is 9.59 Å². The Morgan fingerprint density at radius 3 is 2.38 bits per heavy atom. The molecule has 2 aromatic carbocycles. The van der Waals surface area contributed by atoms with Crippen LogP contribution in [-0.2, 0) is 24.7 Å². The van der Waals surface area contributed by atoms with Crippen molar-refractivity contribution in [1.82, 2.24) is 15.4 Å². The number of nitrogens with one attached hydrogen (secondary N) is 2. The van der Waals surface area contributed by atoms with E-state index in [9.17, 15) is 9.59 Å². The average Bonchev–Trinajstić information content (AvgIpc) is 3.02. The zero-order valence-electron chi connectivity index (χ0n) is 15.1. The number of hydrogen-bond acceptors (Lipinski definition) is 2. The third kappa shape index (κ3) is 3.94. The molecule has 1 aromatic heterocycles. The summed E-state index contributed by atoms with van der Waals surface area (Å²) in [5, 5.41) is 0.859. The molecule has 5 nitrogen and oxygen atoms in total. The lowest BCUT2D eigenvalue weighted by atomic mass is 10.1. The minimum atomic E-state index is -0.317. The van der Waals surface area contributed by atoms with Gasteiger partial charge >= 0.3 is 0 Å². The van der Waals surface area contributed by atoms with Crippen LogP contribution >= 0.6 is 0 Å². The van der Waals surface area contributed by atoms with Gasteiger partial charge in [-0.3, -0.25) is 20.4 Å². The quantitative estimate of drug-likeness (QED) is 0.695. The molecular formula is C21H23N3O2. The van der Waals surface area contributed by atoms with Crippen LogP contribution in [-0.4, -0.2) is 16.4 Å². The van der Waals surface area contributed by atoms with Crippen LogP contribution in [0.1, 0.15) is 34.8 Å². The predicted molar refractivity (Wildman–Crippen MR) is 103 cm³/mol. The lowest BCUT2D eigenvalue weighted by Crippen LogP contribution is -2.41. The normalized spacial score (nSPS) is 10.7. The minimum absolute atomic E-state index is 0.210. The minimum Gasteiger partial charge on any atom is -0.350 e. The highest BCUT2D eigenvalue weighted by molar-refractivity contribution is 6.07. The van der Waals surface area contributed by atoms with Gasteiger partial charge in [0.05, 0.1) is 5.56 Å². The van der Waals surface area contributed by atoms with E-state index in [4.69, 9.17) is 0 Å². The van der Waals surface area contributed by atoms with Crippen LogP contribution in [0.25, 0.3) is 10.9 Å². The Kier molecular flexibility index (Phi) is 5.37. The maximum Gasteiger partial charge on any atom is 0.271 e. The second-order valence-electron chi connectivity index (χ2n) is 6.34. The van der Waals surface area contributed by atoms with Crippen LogP contribution < -0.4 is 10.9 Å². The Labute approximate surface area is 153 Å². The standard InChI is InChI=1S/C21H23N3O2/c1-3-15-8-10-16(11-9-15)12-13-20(25)22-23-21(26)18-14-24(2)19-7-5-4-6-17(18)19/h4-11,14H,3,12-13H2,1-2H3,(H,22,25)(H,23,26). The predicted octanol–water partition coefficient (Wildman–Crippen LogP) is 3.13. The second-order valence-corrected chi connectivity index (χ2v) is 6.34. The SMILES string of the molecule is CCc1ccc(CCC(=O)NNC(=O)c2cn(C)c3ccccc23)cc1. The number of aromatic nitrogens is 1. The molecule has 3 rings (SSSR count). The average molecular weight is 349 g/mol. The van der Waals surface area contributed by atoms with Gasteiger partial charge in [-0.05, 0) is 30.0 Å². The number of carbonyl (C=O) groups is 2. The number of fused-ring (bicyclic) bond motifs is 1. The lowest BCUT2D eigenvalue weighted by molar-refractivity contribution is -0.121. The monoisotopic (exact) mass is 349 g/mol. The van der Waals surface area contributed by atoms with Crippen molar-refractivity contribution >= 4 is 22.7 Å². The Balaban J connectivity index is 1.54. The Bertz CT molecular complexity index is 926. The molecule has 2 N–H and O–H groups in total. The van der Waals surface area contributed by atoms with Crippen LogP contribution in [0.4, 0.5) is 0 Å². The number of aryl methyl sites for hydroxylation is 3. The number of para-hydroxylation sites is 1. The van der Waals surface area contributed by atoms with Gasteiger partial charge in [0.25, 0.3) is 5.91 Å². The molecule has 0 atom stereocenters. The molecule has 1 heterocycles. The highest BCUT2D eigenvalue weighted by Crippen LogP contribution is 2.19. The summed E-state index contributed by atoms with van der Waals surface area (Å²) >= 11 is 0. The number of hydrazine groups is 1. The summed E-state index contributed by atoms with van der Waals surface area (Å²) in [6.45, 7) is 2.11. The number of carbonyl (C=O) groups excluding carboxylic acids is 2. The second kappa shape index (κ2) is 7.87. The maximum atomic E-state index is 12.4. The van der Waals surface area contributed by atoms with Crippen molar-refractivity contribution in [1.29, 1.82) is 0 Å². The Morgan fingerprint density at radius 1 is 0.962 bits per heavy atom. The molecule has 0 aliphatic heterocycles. The van der Waals surface area contributed by atoms with Crippen LogP contribution in [0.3, 0.4) is 0 Å². The van der Waals surface area contributed by atoms with E-state index in [0.717, 1.165) is 22.9 Å². The highest BCUT2D eigenvalue weighted by Gasteiger charge is 2.14. The van der Waals surface area contributed by atoms with E-state index in [2.05, 4.69) is 29.9 Å². The van der Waals surface area contributed by atoms with Crippen LogP contribution in [0.15, 0.2) is 54.7 Å². The van der Waals surface area contributed by atoms with Crippen LogP contribution in [0, 0.1) is 0 Å². The third-order valence-corrected chi connectivity index (χ3v) is 4.53. The molecule has 0 unspecified atom stereocenters. The molecule has 0 bridgehead atoms. The molecule has 0 aliphatic rings. The first kappa shape index (κ1) is 17.7. The van der Waals surface area contributed by atoms with Gasteiger partial charge in [0.2, 0.25) is 5.91 Å². The highest BCUT2D eigenvalue weighted by atomic mass is 16.2. The Hall–Kier alpha value is -3.08. The van der Waals surface area contributed by atoms with Gasteiger partial charge in [0.1, 0.15) is 0 Å². The summed E-state index contributed by atoms with van der Waals surface area (Å²) < 4.78 is 1.89. The molecule has 2 amide bonds. The maximum absolute atomic E-state index is 12.4. The molecule has 0 saturated heterocycles. The molecule has 3 aromatic rings. The molecule has 5 heteroatoms. The van der Waals surface area contributed by atoms with Crippen molar-refractivity contribution in [3.8, 4) is 0 Å². The zero-order valence-corrected chi connectivity index (χ0v) is 15.1. The van der Waals surface area contributed by atoms with Crippen molar-refractivity contribution in [2.24, 2.45) is 7.05 Å². The Morgan fingerprint density at radius 2 is 1.65 bits per heavy atom. The van der Waals surface area contributed by atoms with Gasteiger partial charge in [0, 0.05) is 30.6 Å². The molecule has 0 aliphatic carbocycles. The molecule has 0 radical (unpaired) electrons. The van der Waals surface area contributed by atoms with Gasteiger partial charge in [-0.25, -0.2) is 0 Å². The van der Waals surface area contributed by atoms with E-state index >= 15 is 0 Å². The van der Waals surface area contributed by atoms with E-state index in [1.165, 1.54) is 5.56 Å². The largest absolute Gasteiger partial charge is 0.350 e. The number of amides is 2. The van der Waals surface area contributed by atoms with Crippen molar-refractivity contribution in [3.63, 3.8) is 0 Å². The van der Waals surface area contributed by atoms with Gasteiger partial charge < -0.3 is 4.57 Å². The van der Waals surface area contributed by atoms with E-state index < -0.39 is 0 Å². The fraction of sp³-hybridized carbons (Fsp3) is 0.238. The first-order valence-corrected chi connectivity index (χ1v) is 8.79. The number of nitrogens with zero attached hydrogens (tertiary/aromatic N) is 1. The number of rotatable bonds is 5. The molecule has 134 valence electrons. The first-order valence-electron chi connectivity index (χ1n) is 8.79. The fourth-order valence-electron chi connectivity index (χ4n) is 2.98. The van der Waals surface area contributed by atoms with E-state index in [0.29, 0.717) is 18.4 Å². The summed E-state index contributed by atoms with van der Waals surface area (Å²) in [6.07, 6.45) is 3.73. The van der Waals surface area contributed by atoms with Gasteiger partial charge in [-0.15, -0.1) is 0 Å². The number of hydrogen-bond donors (Lipinski definition) is 2. The topological polar surface area (TPSA) is 63.1 Å². The lowest BCUT2D eigenvalue weighted by Gasteiger charge is -2.07. The van der Waals surface area contributed by atoms with Crippen LogP contribution in [0.5, 0.6) is 0 Å². The first-order chi connectivity index (χ1) is 12.6. The molecular weight excluding hydrogens is 326 g/mol. The summed E-state index contributed by atoms with van der Waals surface area (Å²) in [5.41, 5.74) is 8.91. The smallest absolute Gasteiger partial charge is 0.271 e. The van der Waals surface area contributed by atoms with Crippen molar-refractivity contribution in [2.75, 3.05) is 0 Å². The number of benzene rings is 2. The van der Waals surface area contributed by atoms with Gasteiger partial charge in [-0.2, -0.15) is 0 Å². The molecule has 0 fully saturated rings. The van der Waals surface area contributed by atoms with Crippen LogP contribution in [0.2, 0.25) is 0 Å². The van der Waals surface area contributed by atoms with E-state index in [1.54, 1.807) is 6.20 Å². The fourth-order valence-corrected chi connectivity index (χ4v) is 2.98. The molecule has 26 heavy (non-hydrogen) atoms. The third-order valence-electron chi connectivity index (χ3n) is 4.53. The summed E-state index contributed by atoms with van der Waals surface area (Å²) in [4.78, 5) is 24.4. The molecule has 0 saturated carbocycles. The van der Waals surface area contributed by atoms with E-state index in [-0.39, 0.29) is 11.8 Å². The van der Waals surface area contributed by atoms with Crippen molar-refractivity contribution in [2.45, 2.75) is 26.2 Å². The summed E-state index contributed by atoms with van der Waals surface area (Å²) in [5.74, 6) is -0.527. The van der Waals surface area contributed by atoms with Gasteiger partial charge in [0.15, 0.2) is 0 Å². The summed E-state index contributed by atoms with van der Waals surface area (Å²) in [6, 6.07) is 15.9. The molecule has 0 spiro atoms. The summed E-state index contributed by atoms with van der Waals surface area (Å²) in [7, 11) is 1.89. The zero-order chi connectivity index (χ0) is 18.5.